The predicted molar refractivity (Wildman–Crippen MR) is 50.6 cm³/mol. The zero-order valence-electron chi connectivity index (χ0n) is 8.28. The summed E-state index contributed by atoms with van der Waals surface area (Å²) in [4.78, 5) is 2.45. The van der Waals surface area contributed by atoms with Crippen molar-refractivity contribution in [2.24, 2.45) is 5.92 Å². The maximum atomic E-state index is 8.97. The fraction of sp³-hybridized carbons (Fsp3) is 1.00. The van der Waals surface area contributed by atoms with Crippen molar-refractivity contribution in [2.75, 3.05) is 26.9 Å². The Morgan fingerprint density at radius 3 is 2.62 bits per heavy atom. The number of rotatable bonds is 3. The van der Waals surface area contributed by atoms with Crippen molar-refractivity contribution in [3.8, 4) is 0 Å². The molecular weight excluding hydrogens is 166 g/mol. The fourth-order valence-electron chi connectivity index (χ4n) is 2.29. The molecule has 1 saturated carbocycles. The number of hydrogen-bond acceptors (Lipinski definition) is 3. The van der Waals surface area contributed by atoms with E-state index in [1.807, 2.05) is 0 Å². The molecule has 0 bridgehead atoms. The molecule has 0 amide bonds. The molecule has 3 heteroatoms. The van der Waals surface area contributed by atoms with Crippen molar-refractivity contribution in [2.45, 2.75) is 31.3 Å². The molecule has 13 heavy (non-hydrogen) atoms. The van der Waals surface area contributed by atoms with Gasteiger partial charge >= 0.3 is 0 Å². The normalized spacial score (nSPS) is 35.3. The molecule has 1 aliphatic heterocycles. The van der Waals surface area contributed by atoms with Gasteiger partial charge in [-0.15, -0.1) is 0 Å². The number of aliphatic hydroxyl groups is 1. The highest BCUT2D eigenvalue weighted by Gasteiger charge is 2.41. The highest BCUT2D eigenvalue weighted by molar-refractivity contribution is 4.95. The molecule has 2 rings (SSSR count). The van der Waals surface area contributed by atoms with Crippen molar-refractivity contribution < 1.29 is 9.84 Å². The van der Waals surface area contributed by atoms with Crippen LogP contribution in [0.15, 0.2) is 0 Å². The van der Waals surface area contributed by atoms with E-state index in [4.69, 9.17) is 9.84 Å². The lowest BCUT2D eigenvalue weighted by Crippen LogP contribution is -2.38. The van der Waals surface area contributed by atoms with Crippen molar-refractivity contribution in [3.63, 3.8) is 0 Å². The summed E-state index contributed by atoms with van der Waals surface area (Å²) in [5.74, 6) is 0.549. The average Bonchev–Trinajstić information content (AvgIpc) is 2.97. The number of hydrogen-bond donors (Lipinski definition) is 1. The number of ether oxygens (including phenoxy) is 1. The van der Waals surface area contributed by atoms with Gasteiger partial charge in [0.05, 0.1) is 0 Å². The van der Waals surface area contributed by atoms with Crippen LogP contribution in [0.4, 0.5) is 0 Å². The summed E-state index contributed by atoms with van der Waals surface area (Å²) in [5.41, 5.74) is 0. The molecule has 2 fully saturated rings. The summed E-state index contributed by atoms with van der Waals surface area (Å²) in [7, 11) is 2.19. The van der Waals surface area contributed by atoms with E-state index in [0.29, 0.717) is 24.6 Å². The van der Waals surface area contributed by atoms with Gasteiger partial charge in [-0.05, 0) is 32.2 Å². The second-order valence-electron chi connectivity index (χ2n) is 4.25. The first-order chi connectivity index (χ1) is 6.33. The Morgan fingerprint density at radius 2 is 2.08 bits per heavy atom. The molecule has 0 aromatic carbocycles. The zero-order valence-corrected chi connectivity index (χ0v) is 8.28. The largest absolute Gasteiger partial charge is 0.396 e. The van der Waals surface area contributed by atoms with Crippen LogP contribution in [-0.4, -0.2) is 49.0 Å². The SMILES string of the molecule is CN(C1CCOCC1)C1CC1CO. The van der Waals surface area contributed by atoms with E-state index in [1.165, 1.54) is 6.42 Å². The summed E-state index contributed by atoms with van der Waals surface area (Å²) in [6.07, 6.45) is 3.50. The van der Waals surface area contributed by atoms with Crippen LogP contribution < -0.4 is 0 Å². The van der Waals surface area contributed by atoms with Gasteiger partial charge in [0.1, 0.15) is 0 Å². The summed E-state index contributed by atoms with van der Waals surface area (Å²) in [6, 6.07) is 1.34. The van der Waals surface area contributed by atoms with Crippen molar-refractivity contribution in [3.05, 3.63) is 0 Å². The third kappa shape index (κ3) is 2.03. The molecule has 1 N–H and O–H groups in total. The van der Waals surface area contributed by atoms with Gasteiger partial charge in [-0.25, -0.2) is 0 Å². The Kier molecular flexibility index (Phi) is 2.86. The summed E-state index contributed by atoms with van der Waals surface area (Å²) in [5, 5.41) is 8.97. The Labute approximate surface area is 79.7 Å². The summed E-state index contributed by atoms with van der Waals surface area (Å²) < 4.78 is 5.33. The number of aliphatic hydroxyl groups excluding tert-OH is 1. The van der Waals surface area contributed by atoms with Gasteiger partial charge in [0.25, 0.3) is 0 Å². The molecular formula is C10H19NO2. The van der Waals surface area contributed by atoms with Gasteiger partial charge in [0.15, 0.2) is 0 Å². The molecule has 0 aromatic rings. The monoisotopic (exact) mass is 185 g/mol. The average molecular weight is 185 g/mol. The second-order valence-corrected chi connectivity index (χ2v) is 4.25. The van der Waals surface area contributed by atoms with Crippen LogP contribution in [0, 0.1) is 5.92 Å². The van der Waals surface area contributed by atoms with Crippen molar-refractivity contribution in [1.29, 1.82) is 0 Å². The maximum Gasteiger partial charge on any atom is 0.0480 e. The van der Waals surface area contributed by atoms with Crippen LogP contribution in [0.3, 0.4) is 0 Å². The Morgan fingerprint density at radius 1 is 1.38 bits per heavy atom. The van der Waals surface area contributed by atoms with E-state index >= 15 is 0 Å². The molecule has 0 spiro atoms. The minimum atomic E-state index is 0.359. The van der Waals surface area contributed by atoms with Crippen LogP contribution in [0.25, 0.3) is 0 Å². The highest BCUT2D eigenvalue weighted by atomic mass is 16.5. The van der Waals surface area contributed by atoms with E-state index in [-0.39, 0.29) is 0 Å². The van der Waals surface area contributed by atoms with Crippen molar-refractivity contribution >= 4 is 0 Å². The third-order valence-electron chi connectivity index (χ3n) is 3.41. The third-order valence-corrected chi connectivity index (χ3v) is 3.41. The Balaban J connectivity index is 1.79. The van der Waals surface area contributed by atoms with Gasteiger partial charge < -0.3 is 9.84 Å². The lowest BCUT2D eigenvalue weighted by molar-refractivity contribution is 0.0379. The standard InChI is InChI=1S/C10H19NO2/c1-11(10-6-8(10)7-12)9-2-4-13-5-3-9/h8-10,12H,2-7H2,1H3. The van der Waals surface area contributed by atoms with Crippen molar-refractivity contribution in [1.82, 2.24) is 4.90 Å². The van der Waals surface area contributed by atoms with Crippen LogP contribution in [0.2, 0.25) is 0 Å². The second kappa shape index (κ2) is 3.95. The molecule has 3 nitrogen and oxygen atoms in total. The van der Waals surface area contributed by atoms with Crippen LogP contribution in [0.5, 0.6) is 0 Å². The minimum Gasteiger partial charge on any atom is -0.396 e. The van der Waals surface area contributed by atoms with E-state index in [2.05, 4.69) is 11.9 Å². The molecule has 2 atom stereocenters. The molecule has 0 radical (unpaired) electrons. The fourth-order valence-corrected chi connectivity index (χ4v) is 2.29. The molecule has 1 heterocycles. The van der Waals surface area contributed by atoms with E-state index in [1.54, 1.807) is 0 Å². The minimum absolute atomic E-state index is 0.359. The van der Waals surface area contributed by atoms with Gasteiger partial charge in [0.2, 0.25) is 0 Å². The van der Waals surface area contributed by atoms with Gasteiger partial charge in [0, 0.05) is 31.9 Å². The maximum absolute atomic E-state index is 8.97. The first kappa shape index (κ1) is 9.44. The smallest absolute Gasteiger partial charge is 0.0480 e. The predicted octanol–water partition coefficient (Wildman–Crippen LogP) is 0.478. The van der Waals surface area contributed by atoms with Crippen LogP contribution in [-0.2, 0) is 4.74 Å². The molecule has 0 aromatic heterocycles. The van der Waals surface area contributed by atoms with E-state index in [0.717, 1.165) is 26.1 Å². The lowest BCUT2D eigenvalue weighted by Gasteiger charge is -2.31. The molecule has 2 aliphatic rings. The van der Waals surface area contributed by atoms with Gasteiger partial charge in [-0.2, -0.15) is 0 Å². The molecule has 1 saturated heterocycles. The zero-order chi connectivity index (χ0) is 9.26. The number of nitrogens with zero attached hydrogens (tertiary/aromatic N) is 1. The van der Waals surface area contributed by atoms with E-state index in [9.17, 15) is 0 Å². The Bertz CT molecular complexity index is 168. The molecule has 2 unspecified atom stereocenters. The lowest BCUT2D eigenvalue weighted by atomic mass is 10.1. The summed E-state index contributed by atoms with van der Waals surface area (Å²) >= 11 is 0. The Hall–Kier alpha value is -0.120. The van der Waals surface area contributed by atoms with E-state index < -0.39 is 0 Å². The van der Waals surface area contributed by atoms with Gasteiger partial charge in [-0.1, -0.05) is 0 Å². The summed E-state index contributed by atoms with van der Waals surface area (Å²) in [6.45, 7) is 2.18. The quantitative estimate of drug-likeness (QED) is 0.694. The van der Waals surface area contributed by atoms with Crippen LogP contribution >= 0.6 is 0 Å². The molecule has 76 valence electrons. The molecule has 1 aliphatic carbocycles. The van der Waals surface area contributed by atoms with Gasteiger partial charge in [-0.3, -0.25) is 4.90 Å². The first-order valence-electron chi connectivity index (χ1n) is 5.23. The first-order valence-corrected chi connectivity index (χ1v) is 5.23. The topological polar surface area (TPSA) is 32.7 Å². The van der Waals surface area contributed by atoms with Crippen LogP contribution in [0.1, 0.15) is 19.3 Å². The highest BCUT2D eigenvalue weighted by Crippen LogP contribution is 2.36.